The number of amides is 1. The smallest absolute Gasteiger partial charge is 0.434 e. The second-order valence-electron chi connectivity index (χ2n) is 6.73. The zero-order valence-corrected chi connectivity index (χ0v) is 16.7. The lowest BCUT2D eigenvalue weighted by molar-refractivity contribution is -0.143. The van der Waals surface area contributed by atoms with Gasteiger partial charge in [0.05, 0.1) is 48.6 Å². The van der Waals surface area contributed by atoms with E-state index in [9.17, 15) is 18.0 Å². The number of pyridine rings is 2. The Morgan fingerprint density at radius 1 is 1.06 bits per heavy atom. The number of carbonyl (C=O) groups is 1. The van der Waals surface area contributed by atoms with Crippen LogP contribution in [0.4, 0.5) is 24.5 Å². The molecule has 11 nitrogen and oxygen atoms in total. The minimum atomic E-state index is -4.94. The summed E-state index contributed by atoms with van der Waals surface area (Å²) in [4.78, 5) is 25.3. The molecule has 34 heavy (non-hydrogen) atoms. The quantitative estimate of drug-likeness (QED) is 0.401. The van der Waals surface area contributed by atoms with Crippen molar-refractivity contribution in [2.24, 2.45) is 0 Å². The van der Waals surface area contributed by atoms with E-state index in [0.717, 1.165) is 11.0 Å². The standard InChI is InChI=1S/C20H10F3N9O2/c1-24-14-8-11(9-26-18(14)32-27-5-6-28-32)30-19(33)13-10-29-31(16(13)20(21,22)23)17-12-3-7-34-15(12)2-4-25-17/h2-10H,(H,30,33). The summed E-state index contributed by atoms with van der Waals surface area (Å²) in [6, 6.07) is 4.20. The van der Waals surface area contributed by atoms with Gasteiger partial charge in [0.25, 0.3) is 5.91 Å². The molecule has 0 atom stereocenters. The molecule has 1 N–H and O–H groups in total. The van der Waals surface area contributed by atoms with Crippen molar-refractivity contribution in [2.45, 2.75) is 6.18 Å². The van der Waals surface area contributed by atoms with E-state index in [4.69, 9.17) is 11.0 Å². The molecule has 5 aromatic heterocycles. The molecule has 0 aliphatic carbocycles. The number of hydrogen-bond donors (Lipinski definition) is 1. The molecule has 1 amide bonds. The minimum absolute atomic E-state index is 0.00263. The maximum atomic E-state index is 14.0. The fourth-order valence-corrected chi connectivity index (χ4v) is 3.27. The van der Waals surface area contributed by atoms with Crippen LogP contribution in [-0.4, -0.2) is 40.6 Å². The summed E-state index contributed by atoms with van der Waals surface area (Å²) in [6.07, 6.45) is 2.40. The van der Waals surface area contributed by atoms with Gasteiger partial charge in [0.2, 0.25) is 5.69 Å². The molecule has 0 bridgehead atoms. The van der Waals surface area contributed by atoms with Crippen LogP contribution in [-0.2, 0) is 6.18 Å². The Kier molecular flexibility index (Phi) is 4.79. The molecule has 0 saturated heterocycles. The average Bonchev–Trinajstić information content (AvgIpc) is 3.58. The third-order valence-electron chi connectivity index (χ3n) is 4.68. The maximum absolute atomic E-state index is 14.0. The molecule has 14 heteroatoms. The highest BCUT2D eigenvalue weighted by Crippen LogP contribution is 2.35. The number of furan rings is 1. The summed E-state index contributed by atoms with van der Waals surface area (Å²) in [5.74, 6) is -1.15. The van der Waals surface area contributed by atoms with Gasteiger partial charge >= 0.3 is 6.18 Å². The van der Waals surface area contributed by atoms with Crippen molar-refractivity contribution in [3.63, 3.8) is 0 Å². The largest absolute Gasteiger partial charge is 0.464 e. The summed E-state index contributed by atoms with van der Waals surface area (Å²) in [7, 11) is 0. The van der Waals surface area contributed by atoms with Crippen LogP contribution in [0.25, 0.3) is 27.4 Å². The van der Waals surface area contributed by atoms with Crippen LogP contribution >= 0.6 is 0 Å². The third kappa shape index (κ3) is 3.50. The van der Waals surface area contributed by atoms with E-state index in [-0.39, 0.29) is 28.4 Å². The van der Waals surface area contributed by atoms with Gasteiger partial charge in [-0.1, -0.05) is 0 Å². The minimum Gasteiger partial charge on any atom is -0.464 e. The zero-order chi connectivity index (χ0) is 23.9. The van der Waals surface area contributed by atoms with Crippen molar-refractivity contribution < 1.29 is 22.4 Å². The first-order valence-electron chi connectivity index (χ1n) is 9.40. The number of aromatic nitrogens is 7. The lowest BCUT2D eigenvalue weighted by atomic mass is 10.2. The monoisotopic (exact) mass is 465 g/mol. The number of hydrogen-bond acceptors (Lipinski definition) is 7. The molecule has 0 spiro atoms. The number of anilines is 1. The van der Waals surface area contributed by atoms with E-state index >= 15 is 0 Å². The van der Waals surface area contributed by atoms with E-state index in [1.807, 2.05) is 0 Å². The topological polar surface area (TPSA) is 121 Å². The fourth-order valence-electron chi connectivity index (χ4n) is 3.27. The van der Waals surface area contributed by atoms with Crippen molar-refractivity contribution in [3.05, 3.63) is 78.1 Å². The lowest BCUT2D eigenvalue weighted by Gasteiger charge is -2.13. The van der Waals surface area contributed by atoms with Gasteiger partial charge < -0.3 is 9.73 Å². The van der Waals surface area contributed by atoms with Gasteiger partial charge in [-0.15, -0.1) is 4.80 Å². The molecule has 0 saturated carbocycles. The number of nitrogens with one attached hydrogen (secondary N) is 1. The molecule has 0 radical (unpaired) electrons. The second kappa shape index (κ2) is 7.81. The van der Waals surface area contributed by atoms with Crippen LogP contribution in [0.3, 0.4) is 0 Å². The van der Waals surface area contributed by atoms with Gasteiger partial charge in [-0.3, -0.25) is 4.79 Å². The highest BCUT2D eigenvalue weighted by atomic mass is 19.4. The molecule has 5 aromatic rings. The Morgan fingerprint density at radius 3 is 2.59 bits per heavy atom. The number of rotatable bonds is 4. The van der Waals surface area contributed by atoms with Crippen LogP contribution in [0.15, 0.2) is 59.9 Å². The van der Waals surface area contributed by atoms with Crippen LogP contribution < -0.4 is 5.32 Å². The lowest BCUT2D eigenvalue weighted by Crippen LogP contribution is -2.21. The zero-order valence-electron chi connectivity index (χ0n) is 16.7. The van der Waals surface area contributed by atoms with Crippen molar-refractivity contribution in [1.29, 1.82) is 0 Å². The van der Waals surface area contributed by atoms with Crippen LogP contribution in [0.1, 0.15) is 16.1 Å². The van der Waals surface area contributed by atoms with Gasteiger partial charge in [0, 0.05) is 11.9 Å². The summed E-state index contributed by atoms with van der Waals surface area (Å²) >= 11 is 0. The number of halogens is 3. The van der Waals surface area contributed by atoms with Crippen molar-refractivity contribution >= 4 is 28.3 Å². The summed E-state index contributed by atoms with van der Waals surface area (Å²) in [5.41, 5.74) is -1.76. The normalized spacial score (nSPS) is 11.5. The van der Waals surface area contributed by atoms with E-state index in [1.165, 1.54) is 49.2 Å². The number of nitrogens with zero attached hydrogens (tertiary/aromatic N) is 8. The summed E-state index contributed by atoms with van der Waals surface area (Å²) in [5, 5.41) is 14.2. The van der Waals surface area contributed by atoms with Gasteiger partial charge in [0.1, 0.15) is 5.58 Å². The van der Waals surface area contributed by atoms with Crippen LogP contribution in [0.2, 0.25) is 0 Å². The summed E-state index contributed by atoms with van der Waals surface area (Å²) in [6.45, 7) is 7.32. The van der Waals surface area contributed by atoms with E-state index in [2.05, 4.69) is 35.4 Å². The molecule has 5 rings (SSSR count). The molecule has 0 aliphatic rings. The van der Waals surface area contributed by atoms with Gasteiger partial charge in [-0.2, -0.15) is 28.5 Å². The highest BCUT2D eigenvalue weighted by molar-refractivity contribution is 6.05. The van der Waals surface area contributed by atoms with Crippen molar-refractivity contribution in [1.82, 2.24) is 34.7 Å². The first-order valence-corrected chi connectivity index (χ1v) is 9.40. The molecule has 168 valence electrons. The van der Waals surface area contributed by atoms with Gasteiger partial charge in [-0.05, 0) is 18.2 Å². The number of fused-ring (bicyclic) bond motifs is 1. The maximum Gasteiger partial charge on any atom is 0.434 e. The van der Waals surface area contributed by atoms with E-state index < -0.39 is 23.3 Å². The Bertz CT molecular complexity index is 1560. The van der Waals surface area contributed by atoms with Gasteiger partial charge in [-0.25, -0.2) is 19.5 Å². The third-order valence-corrected chi connectivity index (χ3v) is 4.68. The first-order chi connectivity index (χ1) is 16.4. The molecule has 0 unspecified atom stereocenters. The predicted molar refractivity (Wildman–Crippen MR) is 110 cm³/mol. The van der Waals surface area contributed by atoms with Crippen LogP contribution in [0.5, 0.6) is 0 Å². The number of carbonyl (C=O) groups excluding carboxylic acids is 1. The molecule has 0 aromatic carbocycles. The van der Waals surface area contributed by atoms with E-state index in [1.54, 1.807) is 0 Å². The molecule has 0 aliphatic heterocycles. The Balaban J connectivity index is 1.53. The highest BCUT2D eigenvalue weighted by Gasteiger charge is 2.41. The first kappa shape index (κ1) is 20.8. The summed E-state index contributed by atoms with van der Waals surface area (Å²) < 4.78 is 47.8. The van der Waals surface area contributed by atoms with E-state index in [0.29, 0.717) is 10.3 Å². The molecule has 5 heterocycles. The SMILES string of the molecule is [C-]#[N+]c1cc(NC(=O)c2cnn(-c3nccc4occc34)c2C(F)(F)F)cnc1-n1nccn1. The van der Waals surface area contributed by atoms with Crippen molar-refractivity contribution in [2.75, 3.05) is 5.32 Å². The molecular formula is C20H10F3N9O2. The Hall–Kier alpha value is -5.06. The van der Waals surface area contributed by atoms with Crippen molar-refractivity contribution in [3.8, 4) is 11.6 Å². The number of alkyl halides is 3. The second-order valence-corrected chi connectivity index (χ2v) is 6.73. The average molecular weight is 465 g/mol. The fraction of sp³-hybridized carbons (Fsp3) is 0.0500. The van der Waals surface area contributed by atoms with Gasteiger partial charge in [0.15, 0.2) is 17.3 Å². The predicted octanol–water partition coefficient (Wildman–Crippen LogP) is 3.81. The Morgan fingerprint density at radius 2 is 1.85 bits per heavy atom. The Labute approximate surface area is 187 Å². The van der Waals surface area contributed by atoms with Crippen LogP contribution in [0, 0.1) is 6.57 Å². The molecular weight excluding hydrogens is 455 g/mol. The molecule has 0 fully saturated rings.